The van der Waals surface area contributed by atoms with Gasteiger partial charge in [0.2, 0.25) is 0 Å². The standard InChI is InChI=1S/C19H15N5O/c1-13-15(12-22-24(13)17-9-2-3-10-20-17)19(25)23-16-8-4-6-14-7-5-11-21-18(14)16/h2-12H,1H3,(H,23,25). The molecule has 1 aromatic carbocycles. The maximum atomic E-state index is 12.7. The molecule has 0 bridgehead atoms. The van der Waals surface area contributed by atoms with Gasteiger partial charge in [0.25, 0.3) is 5.91 Å². The molecule has 0 saturated carbocycles. The fourth-order valence-electron chi connectivity index (χ4n) is 2.74. The lowest BCUT2D eigenvalue weighted by Crippen LogP contribution is -2.13. The second-order valence-corrected chi connectivity index (χ2v) is 5.58. The van der Waals surface area contributed by atoms with E-state index in [-0.39, 0.29) is 5.91 Å². The first-order valence-corrected chi connectivity index (χ1v) is 7.85. The quantitative estimate of drug-likeness (QED) is 0.625. The van der Waals surface area contributed by atoms with Crippen LogP contribution in [-0.4, -0.2) is 25.7 Å². The van der Waals surface area contributed by atoms with Crippen LogP contribution in [-0.2, 0) is 0 Å². The molecule has 0 spiro atoms. The summed E-state index contributed by atoms with van der Waals surface area (Å²) in [6, 6.07) is 15.1. The lowest BCUT2D eigenvalue weighted by Gasteiger charge is -2.08. The number of carbonyl (C=O) groups excluding carboxylic acids is 1. The number of nitrogens with zero attached hydrogens (tertiary/aromatic N) is 4. The summed E-state index contributed by atoms with van der Waals surface area (Å²) < 4.78 is 1.65. The second kappa shape index (κ2) is 6.16. The molecule has 3 heterocycles. The van der Waals surface area contributed by atoms with Crippen LogP contribution in [0.3, 0.4) is 0 Å². The highest BCUT2D eigenvalue weighted by Gasteiger charge is 2.16. The Bertz CT molecular complexity index is 1050. The number of carbonyl (C=O) groups is 1. The molecule has 0 aliphatic heterocycles. The third-order valence-corrected chi connectivity index (χ3v) is 4.00. The summed E-state index contributed by atoms with van der Waals surface area (Å²) in [6.45, 7) is 1.85. The first-order valence-electron chi connectivity index (χ1n) is 7.85. The topological polar surface area (TPSA) is 72.7 Å². The van der Waals surface area contributed by atoms with Crippen molar-refractivity contribution in [1.82, 2.24) is 19.7 Å². The summed E-state index contributed by atoms with van der Waals surface area (Å²) in [5, 5.41) is 8.19. The molecular formula is C19H15N5O. The van der Waals surface area contributed by atoms with E-state index in [1.54, 1.807) is 23.3 Å². The second-order valence-electron chi connectivity index (χ2n) is 5.58. The Labute approximate surface area is 144 Å². The van der Waals surface area contributed by atoms with E-state index < -0.39 is 0 Å². The molecule has 3 aromatic heterocycles. The first-order chi connectivity index (χ1) is 12.2. The van der Waals surface area contributed by atoms with E-state index in [1.807, 2.05) is 55.5 Å². The largest absolute Gasteiger partial charge is 0.320 e. The summed E-state index contributed by atoms with van der Waals surface area (Å²) in [7, 11) is 0. The number of hydrogen-bond donors (Lipinski definition) is 1. The van der Waals surface area contributed by atoms with E-state index in [0.717, 1.165) is 16.6 Å². The van der Waals surface area contributed by atoms with Crippen molar-refractivity contribution in [3.05, 3.63) is 78.4 Å². The lowest BCUT2D eigenvalue weighted by molar-refractivity contribution is 0.102. The molecule has 1 N–H and O–H groups in total. The zero-order valence-electron chi connectivity index (χ0n) is 13.5. The number of aromatic nitrogens is 4. The Hall–Kier alpha value is -3.54. The van der Waals surface area contributed by atoms with Crippen LogP contribution in [0.1, 0.15) is 16.1 Å². The molecule has 6 heteroatoms. The highest BCUT2D eigenvalue weighted by molar-refractivity contribution is 6.08. The number of rotatable bonds is 3. The fraction of sp³-hybridized carbons (Fsp3) is 0.0526. The van der Waals surface area contributed by atoms with E-state index in [4.69, 9.17) is 0 Å². The minimum absolute atomic E-state index is 0.224. The monoisotopic (exact) mass is 329 g/mol. The van der Waals surface area contributed by atoms with Gasteiger partial charge in [-0.15, -0.1) is 0 Å². The van der Waals surface area contributed by atoms with E-state index in [9.17, 15) is 4.79 Å². The van der Waals surface area contributed by atoms with Gasteiger partial charge in [-0.3, -0.25) is 9.78 Å². The van der Waals surface area contributed by atoms with Crippen molar-refractivity contribution in [2.24, 2.45) is 0 Å². The predicted octanol–water partition coefficient (Wildman–Crippen LogP) is 3.38. The molecule has 25 heavy (non-hydrogen) atoms. The average molecular weight is 329 g/mol. The van der Waals surface area contributed by atoms with E-state index in [2.05, 4.69) is 20.4 Å². The Morgan fingerprint density at radius 1 is 1.00 bits per heavy atom. The minimum atomic E-state index is -0.224. The maximum Gasteiger partial charge on any atom is 0.259 e. The van der Waals surface area contributed by atoms with Gasteiger partial charge in [0, 0.05) is 17.8 Å². The molecule has 4 rings (SSSR count). The lowest BCUT2D eigenvalue weighted by atomic mass is 10.2. The highest BCUT2D eigenvalue weighted by atomic mass is 16.1. The molecule has 6 nitrogen and oxygen atoms in total. The molecular weight excluding hydrogens is 314 g/mol. The van der Waals surface area contributed by atoms with Crippen LogP contribution in [0.15, 0.2) is 67.1 Å². The van der Waals surface area contributed by atoms with E-state index in [1.165, 1.54) is 0 Å². The van der Waals surface area contributed by atoms with Gasteiger partial charge in [-0.25, -0.2) is 9.67 Å². The molecule has 0 aliphatic carbocycles. The summed E-state index contributed by atoms with van der Waals surface area (Å²) in [4.78, 5) is 21.3. The Morgan fingerprint density at radius 3 is 2.68 bits per heavy atom. The van der Waals surface area contributed by atoms with Gasteiger partial charge in [-0.05, 0) is 31.2 Å². The SMILES string of the molecule is Cc1c(C(=O)Nc2cccc3cccnc23)cnn1-c1ccccn1. The van der Waals surface area contributed by atoms with Gasteiger partial charge in [-0.2, -0.15) is 5.10 Å². The van der Waals surface area contributed by atoms with Crippen LogP contribution in [0.4, 0.5) is 5.69 Å². The predicted molar refractivity (Wildman–Crippen MR) is 95.8 cm³/mol. The third kappa shape index (κ3) is 2.74. The van der Waals surface area contributed by atoms with Crippen molar-refractivity contribution in [3.63, 3.8) is 0 Å². The Morgan fingerprint density at radius 2 is 1.84 bits per heavy atom. The molecule has 122 valence electrons. The van der Waals surface area contributed by atoms with Gasteiger partial charge in [0.05, 0.1) is 28.7 Å². The number of hydrogen-bond acceptors (Lipinski definition) is 4. The minimum Gasteiger partial charge on any atom is -0.320 e. The van der Waals surface area contributed by atoms with Crippen molar-refractivity contribution in [2.75, 3.05) is 5.32 Å². The zero-order valence-corrected chi connectivity index (χ0v) is 13.5. The molecule has 0 aliphatic rings. The van der Waals surface area contributed by atoms with Gasteiger partial charge in [0.15, 0.2) is 5.82 Å². The van der Waals surface area contributed by atoms with Gasteiger partial charge in [0.1, 0.15) is 0 Å². The van der Waals surface area contributed by atoms with Crippen LogP contribution >= 0.6 is 0 Å². The van der Waals surface area contributed by atoms with Crippen LogP contribution in [0.5, 0.6) is 0 Å². The normalized spacial score (nSPS) is 10.8. The van der Waals surface area contributed by atoms with Crippen molar-refractivity contribution in [3.8, 4) is 5.82 Å². The van der Waals surface area contributed by atoms with Crippen LogP contribution in [0.2, 0.25) is 0 Å². The van der Waals surface area contributed by atoms with E-state index in [0.29, 0.717) is 17.1 Å². The summed E-state index contributed by atoms with van der Waals surface area (Å²) in [5.74, 6) is 0.448. The Balaban J connectivity index is 1.67. The molecule has 0 saturated heterocycles. The number of pyridine rings is 2. The van der Waals surface area contributed by atoms with Crippen LogP contribution < -0.4 is 5.32 Å². The van der Waals surface area contributed by atoms with Gasteiger partial charge >= 0.3 is 0 Å². The Kier molecular flexibility index (Phi) is 3.70. The van der Waals surface area contributed by atoms with Crippen LogP contribution in [0, 0.1) is 6.92 Å². The van der Waals surface area contributed by atoms with Gasteiger partial charge in [-0.1, -0.05) is 24.3 Å². The fourth-order valence-corrected chi connectivity index (χ4v) is 2.74. The van der Waals surface area contributed by atoms with E-state index >= 15 is 0 Å². The van der Waals surface area contributed by atoms with Crippen molar-refractivity contribution in [2.45, 2.75) is 6.92 Å². The molecule has 0 radical (unpaired) electrons. The highest BCUT2D eigenvalue weighted by Crippen LogP contribution is 2.22. The first kappa shape index (κ1) is 15.0. The maximum absolute atomic E-state index is 12.7. The molecule has 1 amide bonds. The third-order valence-electron chi connectivity index (χ3n) is 4.00. The number of benzene rings is 1. The van der Waals surface area contributed by atoms with Crippen molar-refractivity contribution >= 4 is 22.5 Å². The van der Waals surface area contributed by atoms with Gasteiger partial charge < -0.3 is 5.32 Å². The average Bonchev–Trinajstić information content (AvgIpc) is 3.04. The summed E-state index contributed by atoms with van der Waals surface area (Å²) in [5.41, 5.74) is 2.66. The smallest absolute Gasteiger partial charge is 0.259 e. The molecule has 4 aromatic rings. The summed E-state index contributed by atoms with van der Waals surface area (Å²) >= 11 is 0. The molecule has 0 atom stereocenters. The number of amides is 1. The molecule has 0 unspecified atom stereocenters. The summed E-state index contributed by atoms with van der Waals surface area (Å²) in [6.07, 6.45) is 4.96. The number of anilines is 1. The van der Waals surface area contributed by atoms with Crippen LogP contribution in [0.25, 0.3) is 16.7 Å². The molecule has 0 fully saturated rings. The van der Waals surface area contributed by atoms with Crippen molar-refractivity contribution in [1.29, 1.82) is 0 Å². The zero-order chi connectivity index (χ0) is 17.2. The number of para-hydroxylation sites is 1. The van der Waals surface area contributed by atoms with Crippen molar-refractivity contribution < 1.29 is 4.79 Å². The number of nitrogens with one attached hydrogen (secondary N) is 1. The number of fused-ring (bicyclic) bond motifs is 1.